The number of hydrogen-bond acceptors (Lipinski definition) is 3. The van der Waals surface area contributed by atoms with Crippen LogP contribution in [-0.4, -0.2) is 29.4 Å². The SMILES string of the molecule is C#CCN1C(=O)C(C)=CC1O/C=C1/C(=O)CC2c3ccccc3CC12. The van der Waals surface area contributed by atoms with Crippen LogP contribution in [0.4, 0.5) is 0 Å². The number of ether oxygens (including phenoxy) is 1. The van der Waals surface area contributed by atoms with Crippen LogP contribution in [0.1, 0.15) is 30.4 Å². The molecule has 1 heterocycles. The Labute approximate surface area is 147 Å². The van der Waals surface area contributed by atoms with Gasteiger partial charge in [-0.05, 0) is 36.5 Å². The fraction of sp³-hybridized carbons (Fsp3) is 0.333. The van der Waals surface area contributed by atoms with Crippen molar-refractivity contribution in [2.75, 3.05) is 6.54 Å². The Bertz CT molecular complexity index is 858. The van der Waals surface area contributed by atoms with Gasteiger partial charge >= 0.3 is 0 Å². The molecule has 1 amide bonds. The van der Waals surface area contributed by atoms with Gasteiger partial charge < -0.3 is 4.74 Å². The summed E-state index contributed by atoms with van der Waals surface area (Å²) in [5.74, 6) is 2.92. The number of carbonyl (C=O) groups is 2. The third-order valence-electron chi connectivity index (χ3n) is 5.40. The number of fused-ring (bicyclic) bond motifs is 3. The first-order chi connectivity index (χ1) is 12.1. The molecule has 126 valence electrons. The number of Topliss-reactive ketones (excluding diaryl/α,β-unsaturated/α-hetero) is 1. The summed E-state index contributed by atoms with van der Waals surface area (Å²) in [5, 5.41) is 0. The summed E-state index contributed by atoms with van der Waals surface area (Å²) in [7, 11) is 0. The largest absolute Gasteiger partial charge is 0.474 e. The van der Waals surface area contributed by atoms with E-state index in [2.05, 4.69) is 18.1 Å². The molecule has 25 heavy (non-hydrogen) atoms. The Kier molecular flexibility index (Phi) is 3.73. The van der Waals surface area contributed by atoms with Gasteiger partial charge in [-0.15, -0.1) is 6.42 Å². The van der Waals surface area contributed by atoms with E-state index >= 15 is 0 Å². The van der Waals surface area contributed by atoms with Gasteiger partial charge in [0.2, 0.25) is 0 Å². The van der Waals surface area contributed by atoms with Crippen LogP contribution in [0.15, 0.2) is 47.7 Å². The Morgan fingerprint density at radius 2 is 2.08 bits per heavy atom. The lowest BCUT2D eigenvalue weighted by molar-refractivity contribution is -0.131. The van der Waals surface area contributed by atoms with Gasteiger partial charge in [-0.1, -0.05) is 30.2 Å². The van der Waals surface area contributed by atoms with Crippen molar-refractivity contribution in [1.82, 2.24) is 4.90 Å². The molecule has 3 aliphatic rings. The number of nitrogens with zero attached hydrogens (tertiary/aromatic N) is 1. The summed E-state index contributed by atoms with van der Waals surface area (Å²) in [6.45, 7) is 1.93. The van der Waals surface area contributed by atoms with E-state index in [4.69, 9.17) is 11.2 Å². The van der Waals surface area contributed by atoms with Gasteiger partial charge in [0.05, 0.1) is 12.8 Å². The fourth-order valence-electron chi connectivity index (χ4n) is 4.17. The lowest BCUT2D eigenvalue weighted by Gasteiger charge is -2.22. The summed E-state index contributed by atoms with van der Waals surface area (Å²) in [6.07, 6.45) is 9.52. The average Bonchev–Trinajstić information content (AvgIpc) is 3.19. The van der Waals surface area contributed by atoms with Gasteiger partial charge in [0, 0.05) is 23.5 Å². The summed E-state index contributed by atoms with van der Waals surface area (Å²) < 4.78 is 5.82. The zero-order valence-electron chi connectivity index (χ0n) is 14.1. The van der Waals surface area contributed by atoms with Crippen molar-refractivity contribution in [3.63, 3.8) is 0 Å². The molecular formula is C21H19NO3. The molecule has 0 spiro atoms. The van der Waals surface area contributed by atoms with E-state index in [0.717, 1.165) is 12.0 Å². The average molecular weight is 333 g/mol. The number of carbonyl (C=O) groups excluding carboxylic acids is 2. The van der Waals surface area contributed by atoms with Gasteiger partial charge in [-0.2, -0.15) is 0 Å². The third kappa shape index (κ3) is 2.47. The van der Waals surface area contributed by atoms with Crippen molar-refractivity contribution in [2.45, 2.75) is 31.9 Å². The standard InChI is InChI=1S/C21H19NO3/c1-3-8-22-20(9-13(2)21(22)24)25-12-18-16-10-14-6-4-5-7-15(14)17(16)11-19(18)23/h1,4-7,9,12,16-17,20H,8,10-11H2,2H3/b18-12+. The van der Waals surface area contributed by atoms with E-state index < -0.39 is 6.23 Å². The Balaban J connectivity index is 1.56. The van der Waals surface area contributed by atoms with Crippen LogP contribution in [0.25, 0.3) is 0 Å². The zero-order valence-corrected chi connectivity index (χ0v) is 14.1. The molecule has 1 aromatic carbocycles. The highest BCUT2D eigenvalue weighted by Gasteiger charge is 2.44. The number of allylic oxidation sites excluding steroid dienone is 1. The quantitative estimate of drug-likeness (QED) is 0.485. The van der Waals surface area contributed by atoms with E-state index in [1.165, 1.54) is 16.0 Å². The molecule has 2 aliphatic carbocycles. The first kappa shape index (κ1) is 15.7. The maximum atomic E-state index is 12.5. The Morgan fingerprint density at radius 1 is 1.28 bits per heavy atom. The smallest absolute Gasteiger partial charge is 0.253 e. The van der Waals surface area contributed by atoms with Gasteiger partial charge in [0.25, 0.3) is 5.91 Å². The van der Waals surface area contributed by atoms with Gasteiger partial charge in [-0.25, -0.2) is 0 Å². The van der Waals surface area contributed by atoms with Crippen LogP contribution in [0.3, 0.4) is 0 Å². The molecule has 0 N–H and O–H groups in total. The third-order valence-corrected chi connectivity index (χ3v) is 5.40. The number of terminal acetylenes is 1. The van der Waals surface area contributed by atoms with Crippen molar-refractivity contribution < 1.29 is 14.3 Å². The first-order valence-electron chi connectivity index (χ1n) is 8.49. The molecule has 1 fully saturated rings. The molecule has 0 radical (unpaired) electrons. The molecule has 1 saturated carbocycles. The number of rotatable bonds is 3. The fourth-order valence-corrected chi connectivity index (χ4v) is 4.17. The second-order valence-corrected chi connectivity index (χ2v) is 6.83. The number of amides is 1. The zero-order chi connectivity index (χ0) is 17.6. The lowest BCUT2D eigenvalue weighted by Crippen LogP contribution is -2.35. The maximum absolute atomic E-state index is 12.5. The topological polar surface area (TPSA) is 46.6 Å². The van der Waals surface area contributed by atoms with Crippen LogP contribution in [-0.2, 0) is 20.7 Å². The number of benzene rings is 1. The molecular weight excluding hydrogens is 314 g/mol. The lowest BCUT2D eigenvalue weighted by atomic mass is 9.95. The monoisotopic (exact) mass is 333 g/mol. The minimum absolute atomic E-state index is 0.120. The number of hydrogen-bond donors (Lipinski definition) is 0. The summed E-state index contributed by atoms with van der Waals surface area (Å²) in [6, 6.07) is 8.32. The molecule has 1 aliphatic heterocycles. The first-order valence-corrected chi connectivity index (χ1v) is 8.49. The molecule has 3 atom stereocenters. The molecule has 3 unspecified atom stereocenters. The predicted molar refractivity (Wildman–Crippen MR) is 93.3 cm³/mol. The van der Waals surface area contributed by atoms with Crippen LogP contribution in [0, 0.1) is 18.3 Å². The molecule has 0 saturated heterocycles. The highest BCUT2D eigenvalue weighted by Crippen LogP contribution is 2.49. The van der Waals surface area contributed by atoms with Crippen molar-refractivity contribution in [2.24, 2.45) is 5.92 Å². The van der Waals surface area contributed by atoms with Gasteiger partial charge in [0.1, 0.15) is 0 Å². The molecule has 0 aromatic heterocycles. The van der Waals surface area contributed by atoms with E-state index in [0.29, 0.717) is 12.0 Å². The minimum atomic E-state index is -0.535. The summed E-state index contributed by atoms with van der Waals surface area (Å²) >= 11 is 0. The van der Waals surface area contributed by atoms with Crippen molar-refractivity contribution in [1.29, 1.82) is 0 Å². The predicted octanol–water partition coefficient (Wildman–Crippen LogP) is 2.56. The van der Waals surface area contributed by atoms with E-state index in [-0.39, 0.29) is 30.1 Å². The summed E-state index contributed by atoms with van der Waals surface area (Å²) in [4.78, 5) is 26.0. The van der Waals surface area contributed by atoms with Crippen molar-refractivity contribution in [3.05, 3.63) is 58.9 Å². The van der Waals surface area contributed by atoms with E-state index in [1.54, 1.807) is 19.3 Å². The highest BCUT2D eigenvalue weighted by molar-refractivity contribution is 5.99. The minimum Gasteiger partial charge on any atom is -0.474 e. The van der Waals surface area contributed by atoms with Crippen molar-refractivity contribution in [3.8, 4) is 12.3 Å². The normalized spacial score (nSPS) is 28.8. The molecule has 1 aromatic rings. The van der Waals surface area contributed by atoms with Crippen LogP contribution >= 0.6 is 0 Å². The van der Waals surface area contributed by atoms with Gasteiger partial charge in [-0.3, -0.25) is 14.5 Å². The Morgan fingerprint density at radius 3 is 2.88 bits per heavy atom. The highest BCUT2D eigenvalue weighted by atomic mass is 16.5. The molecule has 4 rings (SSSR count). The summed E-state index contributed by atoms with van der Waals surface area (Å²) in [5.41, 5.74) is 3.94. The van der Waals surface area contributed by atoms with Crippen LogP contribution in [0.2, 0.25) is 0 Å². The number of ketones is 1. The van der Waals surface area contributed by atoms with Crippen LogP contribution in [0.5, 0.6) is 0 Å². The van der Waals surface area contributed by atoms with Crippen LogP contribution < -0.4 is 0 Å². The van der Waals surface area contributed by atoms with Gasteiger partial charge in [0.15, 0.2) is 12.0 Å². The second kappa shape index (κ2) is 5.93. The van der Waals surface area contributed by atoms with E-state index in [9.17, 15) is 9.59 Å². The second-order valence-electron chi connectivity index (χ2n) is 6.83. The van der Waals surface area contributed by atoms with Crippen molar-refractivity contribution >= 4 is 11.7 Å². The molecule has 4 nitrogen and oxygen atoms in total. The van der Waals surface area contributed by atoms with E-state index in [1.807, 2.05) is 12.1 Å². The molecule has 4 heteroatoms. The molecule has 0 bridgehead atoms. The maximum Gasteiger partial charge on any atom is 0.253 e. The Hall–Kier alpha value is -2.80.